The van der Waals surface area contributed by atoms with E-state index in [1.54, 1.807) is 26.4 Å². The van der Waals surface area contributed by atoms with Crippen LogP contribution in [-0.2, 0) is 6.42 Å². The highest BCUT2D eigenvalue weighted by atomic mass is 35.5. The van der Waals surface area contributed by atoms with Crippen molar-refractivity contribution in [1.29, 1.82) is 0 Å². The second-order valence-corrected chi connectivity index (χ2v) is 9.20. The summed E-state index contributed by atoms with van der Waals surface area (Å²) in [6.45, 7) is 8.17. The van der Waals surface area contributed by atoms with Crippen molar-refractivity contribution in [2.24, 2.45) is 0 Å². The number of rotatable bonds is 7. The molecule has 0 spiro atoms. The first kappa shape index (κ1) is 35.5. The Bertz CT molecular complexity index is 1240. The monoisotopic (exact) mass is 600 g/mol. The maximum absolute atomic E-state index is 12.0. The van der Waals surface area contributed by atoms with Crippen molar-refractivity contribution in [3.8, 4) is 11.4 Å². The molecule has 1 atom stereocenters. The Hall–Kier alpha value is -3.52. The summed E-state index contributed by atoms with van der Waals surface area (Å²) in [5.74, 6) is 1.56. The van der Waals surface area contributed by atoms with Gasteiger partial charge in [0.1, 0.15) is 11.6 Å². The molecule has 1 heterocycles. The maximum atomic E-state index is 12.0. The number of ether oxygens (including phenoxy) is 1. The second kappa shape index (κ2) is 20.4. The van der Waals surface area contributed by atoms with Crippen LogP contribution in [0.2, 0.25) is 10.0 Å². The molecule has 0 bridgehead atoms. The highest BCUT2D eigenvalue weighted by molar-refractivity contribution is 6.42. The Morgan fingerprint density at radius 2 is 1.66 bits per heavy atom. The van der Waals surface area contributed by atoms with Crippen LogP contribution in [0, 0.1) is 6.92 Å². The normalized spacial score (nSPS) is 10.4. The van der Waals surface area contributed by atoms with Gasteiger partial charge in [-0.3, -0.25) is 0 Å². The van der Waals surface area contributed by atoms with Crippen LogP contribution >= 0.6 is 23.2 Å². The van der Waals surface area contributed by atoms with Crippen molar-refractivity contribution in [2.45, 2.75) is 46.6 Å². The van der Waals surface area contributed by atoms with Gasteiger partial charge < -0.3 is 25.0 Å². The number of aromatic nitrogens is 2. The van der Waals surface area contributed by atoms with E-state index in [4.69, 9.17) is 33.0 Å². The lowest BCUT2D eigenvalue weighted by Gasteiger charge is -2.20. The molecule has 0 fully saturated rings. The van der Waals surface area contributed by atoms with Gasteiger partial charge in [-0.25, -0.2) is 9.78 Å². The number of carbonyl (C=O) groups is 1. The molecule has 222 valence electrons. The van der Waals surface area contributed by atoms with Crippen molar-refractivity contribution in [3.63, 3.8) is 0 Å². The van der Waals surface area contributed by atoms with Gasteiger partial charge in [0, 0.05) is 31.7 Å². The minimum absolute atomic E-state index is 0.241. The van der Waals surface area contributed by atoms with Gasteiger partial charge in [-0.1, -0.05) is 86.4 Å². The molecule has 0 saturated heterocycles. The predicted molar refractivity (Wildman–Crippen MR) is 171 cm³/mol. The van der Waals surface area contributed by atoms with E-state index in [-0.39, 0.29) is 12.1 Å². The highest BCUT2D eigenvalue weighted by Gasteiger charge is 2.20. The molecule has 0 saturated carbocycles. The quantitative estimate of drug-likeness (QED) is 0.202. The van der Waals surface area contributed by atoms with Crippen LogP contribution in [0.4, 0.5) is 4.79 Å². The fraction of sp³-hybridized carbons (Fsp3) is 0.312. The molecule has 4 aromatic rings. The molecular weight excluding hydrogens is 559 g/mol. The van der Waals surface area contributed by atoms with Crippen LogP contribution in [-0.4, -0.2) is 41.5 Å². The topological polar surface area (TPSA) is 88.4 Å². The number of hydrogen-bond acceptors (Lipinski definition) is 4. The van der Waals surface area contributed by atoms with Crippen molar-refractivity contribution < 1.29 is 14.6 Å². The van der Waals surface area contributed by atoms with Crippen LogP contribution in [0.15, 0.2) is 85.2 Å². The summed E-state index contributed by atoms with van der Waals surface area (Å²) < 4.78 is 7.20. The van der Waals surface area contributed by atoms with E-state index in [0.29, 0.717) is 23.1 Å². The Labute approximate surface area is 254 Å². The SMILES string of the molecule is CC.CCCO.CNC(=O)NC(Cc1ccccc1)c1nccn1-c1ccc(OC)cc1.Cc1cccc(Cl)c1Cl. The molecular formula is C32H42Cl2N4O3. The summed E-state index contributed by atoms with van der Waals surface area (Å²) in [7, 11) is 3.24. The molecule has 2 amide bonds. The maximum Gasteiger partial charge on any atom is 0.315 e. The number of halogens is 2. The first-order chi connectivity index (χ1) is 19.8. The van der Waals surface area contributed by atoms with Gasteiger partial charge in [0.15, 0.2) is 0 Å². The fourth-order valence-corrected chi connectivity index (χ4v) is 3.78. The third-order valence-corrected chi connectivity index (χ3v) is 6.43. The minimum atomic E-state index is -0.269. The number of imidazole rings is 1. The first-order valence-electron chi connectivity index (χ1n) is 13.6. The summed E-state index contributed by atoms with van der Waals surface area (Å²) in [5, 5.41) is 14.8. The van der Waals surface area contributed by atoms with E-state index >= 15 is 0 Å². The number of methoxy groups -OCH3 is 1. The lowest BCUT2D eigenvalue weighted by Crippen LogP contribution is -2.37. The average Bonchev–Trinajstić information content (AvgIpc) is 3.51. The molecule has 9 heteroatoms. The standard InChI is InChI=1S/C20H22N4O2.C7H6Cl2.C3H8O.C2H6/c1-21-20(25)23-18(14-15-6-4-3-5-7-15)19-22-12-13-24(19)16-8-10-17(26-2)11-9-16;1-5-3-2-4-6(8)7(5)9;1-2-3-4;1-2/h3-13,18H,14H2,1-2H3,(H2,21,23,25);2-4H,1H3;4H,2-3H2,1H3;1-2H3. The molecule has 0 radical (unpaired) electrons. The Morgan fingerprint density at radius 3 is 2.17 bits per heavy atom. The smallest absolute Gasteiger partial charge is 0.315 e. The molecule has 7 nitrogen and oxygen atoms in total. The number of urea groups is 1. The molecule has 0 aliphatic heterocycles. The number of aliphatic hydroxyl groups is 1. The van der Waals surface area contributed by atoms with Gasteiger partial charge in [-0.15, -0.1) is 0 Å². The van der Waals surface area contributed by atoms with E-state index < -0.39 is 0 Å². The number of nitrogens with one attached hydrogen (secondary N) is 2. The summed E-state index contributed by atoms with van der Waals surface area (Å²) in [6, 6.07) is 22.8. The van der Waals surface area contributed by atoms with Crippen LogP contribution in [0.25, 0.3) is 5.69 Å². The lowest BCUT2D eigenvalue weighted by molar-refractivity contribution is 0.238. The molecule has 4 rings (SSSR count). The zero-order chi connectivity index (χ0) is 30.6. The van der Waals surface area contributed by atoms with Gasteiger partial charge in [0.25, 0.3) is 0 Å². The number of carbonyl (C=O) groups excluding carboxylic acids is 1. The van der Waals surface area contributed by atoms with Crippen LogP contribution in [0.5, 0.6) is 5.75 Å². The van der Waals surface area contributed by atoms with E-state index in [2.05, 4.69) is 15.6 Å². The predicted octanol–water partition coefficient (Wildman–Crippen LogP) is 7.81. The van der Waals surface area contributed by atoms with Gasteiger partial charge >= 0.3 is 6.03 Å². The molecule has 3 N–H and O–H groups in total. The Kier molecular flexibility index (Phi) is 17.6. The highest BCUT2D eigenvalue weighted by Crippen LogP contribution is 2.24. The second-order valence-electron chi connectivity index (χ2n) is 8.41. The summed E-state index contributed by atoms with van der Waals surface area (Å²) in [6.07, 6.45) is 5.14. The number of nitrogens with zero attached hydrogens (tertiary/aromatic N) is 2. The Balaban J connectivity index is 0.000000462. The van der Waals surface area contributed by atoms with Crippen molar-refractivity contribution in [1.82, 2.24) is 20.2 Å². The fourth-order valence-electron chi connectivity index (χ4n) is 3.43. The number of aryl methyl sites for hydroxylation is 1. The molecule has 0 aliphatic carbocycles. The first-order valence-corrected chi connectivity index (χ1v) is 14.3. The number of hydrogen-bond donors (Lipinski definition) is 3. The largest absolute Gasteiger partial charge is 0.497 e. The van der Waals surface area contributed by atoms with Crippen LogP contribution in [0.3, 0.4) is 0 Å². The van der Waals surface area contributed by atoms with E-state index in [9.17, 15) is 4.79 Å². The van der Waals surface area contributed by atoms with Crippen molar-refractivity contribution >= 4 is 29.2 Å². The van der Waals surface area contributed by atoms with Gasteiger partial charge in [0.2, 0.25) is 0 Å². The molecule has 3 aromatic carbocycles. The number of aliphatic hydroxyl groups excluding tert-OH is 1. The lowest BCUT2D eigenvalue weighted by atomic mass is 10.1. The van der Waals surface area contributed by atoms with E-state index in [1.165, 1.54) is 0 Å². The zero-order valence-electron chi connectivity index (χ0n) is 24.7. The van der Waals surface area contributed by atoms with Crippen LogP contribution < -0.4 is 15.4 Å². The van der Waals surface area contributed by atoms with Gasteiger partial charge in [-0.05, 0) is 61.2 Å². The van der Waals surface area contributed by atoms with Gasteiger partial charge in [-0.2, -0.15) is 0 Å². The molecule has 41 heavy (non-hydrogen) atoms. The van der Waals surface area contributed by atoms with Crippen LogP contribution in [0.1, 0.15) is 50.2 Å². The number of amides is 2. The summed E-state index contributed by atoms with van der Waals surface area (Å²) in [4.78, 5) is 16.5. The zero-order valence-corrected chi connectivity index (χ0v) is 26.2. The Morgan fingerprint density at radius 1 is 1.02 bits per heavy atom. The van der Waals surface area contributed by atoms with E-state index in [0.717, 1.165) is 34.8 Å². The number of benzene rings is 3. The van der Waals surface area contributed by atoms with Gasteiger partial charge in [0.05, 0.1) is 23.2 Å². The third-order valence-electron chi connectivity index (χ3n) is 5.51. The molecule has 1 aromatic heterocycles. The van der Waals surface area contributed by atoms with Crippen molar-refractivity contribution in [3.05, 3.63) is 112 Å². The minimum Gasteiger partial charge on any atom is -0.497 e. The van der Waals surface area contributed by atoms with Crippen molar-refractivity contribution in [2.75, 3.05) is 20.8 Å². The third kappa shape index (κ3) is 12.3. The average molecular weight is 602 g/mol. The summed E-state index contributed by atoms with van der Waals surface area (Å²) >= 11 is 11.4. The molecule has 0 aliphatic rings. The molecule has 1 unspecified atom stereocenters. The van der Waals surface area contributed by atoms with E-state index in [1.807, 2.05) is 105 Å². The summed E-state index contributed by atoms with van der Waals surface area (Å²) in [5.41, 5.74) is 3.09.